The zero-order chi connectivity index (χ0) is 14.5. The Morgan fingerprint density at radius 2 is 2.05 bits per heavy atom. The summed E-state index contributed by atoms with van der Waals surface area (Å²) in [6.07, 6.45) is 2.12. The highest BCUT2D eigenvalue weighted by Gasteiger charge is 2.18. The van der Waals surface area contributed by atoms with Crippen LogP contribution in [0.5, 0.6) is 0 Å². The summed E-state index contributed by atoms with van der Waals surface area (Å²) in [6.45, 7) is 1.24. The number of benzene rings is 1. The van der Waals surface area contributed by atoms with Gasteiger partial charge < -0.3 is 15.1 Å². The largest absolute Gasteiger partial charge is 0.362 e. The molecule has 2 rings (SSSR count). The molecule has 1 heterocycles. The first-order valence-electron chi connectivity index (χ1n) is 6.87. The molecule has 5 heteroatoms. The van der Waals surface area contributed by atoms with E-state index in [1.807, 2.05) is 18.2 Å². The van der Waals surface area contributed by atoms with Crippen molar-refractivity contribution in [3.63, 3.8) is 0 Å². The van der Waals surface area contributed by atoms with Gasteiger partial charge in [-0.05, 0) is 24.5 Å². The second kappa shape index (κ2) is 6.41. The van der Waals surface area contributed by atoms with E-state index in [9.17, 15) is 9.59 Å². The molecular weight excluding hydrogens is 254 g/mol. The van der Waals surface area contributed by atoms with Crippen molar-refractivity contribution in [3.8, 4) is 0 Å². The van der Waals surface area contributed by atoms with E-state index in [1.54, 1.807) is 14.1 Å². The minimum Gasteiger partial charge on any atom is -0.362 e. The molecule has 20 heavy (non-hydrogen) atoms. The summed E-state index contributed by atoms with van der Waals surface area (Å²) in [5.41, 5.74) is 2.42. The number of likely N-dealkylation sites (N-methyl/N-ethyl adjacent to an activating group) is 1. The lowest BCUT2D eigenvalue weighted by Gasteiger charge is -2.30. The van der Waals surface area contributed by atoms with Crippen LogP contribution in [0.2, 0.25) is 0 Å². The fourth-order valence-corrected chi connectivity index (χ4v) is 2.34. The lowest BCUT2D eigenvalue weighted by atomic mass is 10.0. The van der Waals surface area contributed by atoms with Gasteiger partial charge in [-0.15, -0.1) is 0 Å². The molecule has 1 aromatic rings. The highest BCUT2D eigenvalue weighted by molar-refractivity contribution is 5.87. The van der Waals surface area contributed by atoms with Crippen molar-refractivity contribution in [2.75, 3.05) is 38.6 Å². The van der Waals surface area contributed by atoms with E-state index < -0.39 is 0 Å². The molecule has 0 fully saturated rings. The highest BCUT2D eigenvalue weighted by Crippen LogP contribution is 2.26. The number of anilines is 1. The van der Waals surface area contributed by atoms with Crippen LogP contribution < -0.4 is 10.2 Å². The Bertz CT molecular complexity index is 500. The zero-order valence-corrected chi connectivity index (χ0v) is 12.1. The molecule has 0 aliphatic carbocycles. The molecule has 1 aliphatic heterocycles. The van der Waals surface area contributed by atoms with Crippen LogP contribution in [0.3, 0.4) is 0 Å². The van der Waals surface area contributed by atoms with E-state index in [4.69, 9.17) is 0 Å². The lowest BCUT2D eigenvalue weighted by molar-refractivity contribution is -0.130. The Kier molecular flexibility index (Phi) is 4.61. The van der Waals surface area contributed by atoms with Gasteiger partial charge in [0.2, 0.25) is 11.8 Å². The number of fused-ring (bicyclic) bond motifs is 1. The van der Waals surface area contributed by atoms with Gasteiger partial charge in [0.15, 0.2) is 0 Å². The molecule has 1 aliphatic rings. The Morgan fingerprint density at radius 1 is 1.30 bits per heavy atom. The molecule has 0 spiro atoms. The molecule has 0 unspecified atom stereocenters. The van der Waals surface area contributed by atoms with Gasteiger partial charge in [-0.2, -0.15) is 0 Å². The summed E-state index contributed by atoms with van der Waals surface area (Å²) < 4.78 is 0. The van der Waals surface area contributed by atoms with Gasteiger partial charge in [0, 0.05) is 26.3 Å². The monoisotopic (exact) mass is 275 g/mol. The number of nitrogens with zero attached hydrogens (tertiary/aromatic N) is 2. The molecule has 0 atom stereocenters. The normalized spacial score (nSPS) is 13.6. The first kappa shape index (κ1) is 14.4. The number of carbonyl (C=O) groups is 2. The predicted molar refractivity (Wildman–Crippen MR) is 78.7 cm³/mol. The number of amides is 2. The SMILES string of the molecule is CN(C)C(=O)CNC(=O)CN1CCCc2ccccc21. The Hall–Kier alpha value is -2.04. The van der Waals surface area contributed by atoms with Gasteiger partial charge in [-0.25, -0.2) is 0 Å². The summed E-state index contributed by atoms with van der Waals surface area (Å²) in [5, 5.41) is 2.67. The van der Waals surface area contributed by atoms with Gasteiger partial charge in [0.1, 0.15) is 0 Å². The van der Waals surface area contributed by atoms with Crippen LogP contribution in [-0.2, 0) is 16.0 Å². The number of aryl methyl sites for hydroxylation is 1. The van der Waals surface area contributed by atoms with Crippen molar-refractivity contribution in [2.24, 2.45) is 0 Å². The van der Waals surface area contributed by atoms with E-state index in [0.717, 1.165) is 25.1 Å². The van der Waals surface area contributed by atoms with Crippen molar-refractivity contribution >= 4 is 17.5 Å². The summed E-state index contributed by atoms with van der Waals surface area (Å²) in [7, 11) is 3.35. The number of rotatable bonds is 4. The molecule has 1 N–H and O–H groups in total. The molecule has 0 saturated carbocycles. The summed E-state index contributed by atoms with van der Waals surface area (Å²) in [5.74, 6) is -0.214. The molecule has 2 amide bonds. The predicted octanol–water partition coefficient (Wildman–Crippen LogP) is 0.644. The first-order chi connectivity index (χ1) is 9.58. The molecule has 0 bridgehead atoms. The van der Waals surface area contributed by atoms with Gasteiger partial charge in [0.25, 0.3) is 0 Å². The highest BCUT2D eigenvalue weighted by atomic mass is 16.2. The molecule has 1 aromatic carbocycles. The number of hydrogen-bond acceptors (Lipinski definition) is 3. The number of carbonyl (C=O) groups excluding carboxylic acids is 2. The zero-order valence-electron chi connectivity index (χ0n) is 12.1. The van der Waals surface area contributed by atoms with Crippen LogP contribution in [0, 0.1) is 0 Å². The third-order valence-electron chi connectivity index (χ3n) is 3.48. The van der Waals surface area contributed by atoms with Crippen LogP contribution in [0.1, 0.15) is 12.0 Å². The number of hydrogen-bond donors (Lipinski definition) is 1. The minimum atomic E-state index is -0.114. The van der Waals surface area contributed by atoms with Gasteiger partial charge in [-0.1, -0.05) is 18.2 Å². The minimum absolute atomic E-state index is 0.0569. The molecule has 0 radical (unpaired) electrons. The summed E-state index contributed by atoms with van der Waals surface area (Å²) >= 11 is 0. The van der Waals surface area contributed by atoms with Gasteiger partial charge in [-0.3, -0.25) is 9.59 Å². The molecule has 108 valence electrons. The fraction of sp³-hybridized carbons (Fsp3) is 0.467. The third-order valence-corrected chi connectivity index (χ3v) is 3.48. The van der Waals surface area contributed by atoms with Gasteiger partial charge in [0.05, 0.1) is 13.1 Å². The Balaban J connectivity index is 1.91. The van der Waals surface area contributed by atoms with Crippen LogP contribution in [-0.4, -0.2) is 50.4 Å². The van der Waals surface area contributed by atoms with E-state index in [-0.39, 0.29) is 18.4 Å². The fourth-order valence-electron chi connectivity index (χ4n) is 2.34. The quantitative estimate of drug-likeness (QED) is 0.877. The van der Waals surface area contributed by atoms with Crippen LogP contribution in [0.4, 0.5) is 5.69 Å². The van der Waals surface area contributed by atoms with E-state index >= 15 is 0 Å². The summed E-state index contributed by atoms with van der Waals surface area (Å²) in [4.78, 5) is 26.9. The van der Waals surface area contributed by atoms with Crippen LogP contribution in [0.25, 0.3) is 0 Å². The van der Waals surface area contributed by atoms with Crippen LogP contribution in [0.15, 0.2) is 24.3 Å². The maximum atomic E-state index is 11.9. The van der Waals surface area contributed by atoms with Crippen molar-refractivity contribution in [2.45, 2.75) is 12.8 Å². The first-order valence-corrected chi connectivity index (χ1v) is 6.87. The van der Waals surface area contributed by atoms with Gasteiger partial charge >= 0.3 is 0 Å². The molecule has 0 aromatic heterocycles. The van der Waals surface area contributed by atoms with E-state index in [0.29, 0.717) is 6.54 Å². The maximum absolute atomic E-state index is 11.9. The topological polar surface area (TPSA) is 52.7 Å². The average Bonchev–Trinajstić information content (AvgIpc) is 2.45. The van der Waals surface area contributed by atoms with Crippen molar-refractivity contribution in [3.05, 3.63) is 29.8 Å². The summed E-state index contributed by atoms with van der Waals surface area (Å²) in [6, 6.07) is 8.17. The average molecular weight is 275 g/mol. The number of para-hydroxylation sites is 1. The Morgan fingerprint density at radius 3 is 2.80 bits per heavy atom. The van der Waals surface area contributed by atoms with Crippen molar-refractivity contribution < 1.29 is 9.59 Å². The second-order valence-electron chi connectivity index (χ2n) is 5.22. The van der Waals surface area contributed by atoms with Crippen LogP contribution >= 0.6 is 0 Å². The standard InChI is InChI=1S/C15H21N3O2/c1-17(2)15(20)10-16-14(19)11-18-9-5-7-12-6-3-4-8-13(12)18/h3-4,6,8H,5,7,9-11H2,1-2H3,(H,16,19). The lowest BCUT2D eigenvalue weighted by Crippen LogP contribution is -2.43. The third kappa shape index (κ3) is 3.50. The van der Waals surface area contributed by atoms with E-state index in [1.165, 1.54) is 10.5 Å². The Labute approximate surface area is 119 Å². The second-order valence-corrected chi connectivity index (χ2v) is 5.22. The number of nitrogens with one attached hydrogen (secondary N) is 1. The molecule has 5 nitrogen and oxygen atoms in total. The molecular formula is C15H21N3O2. The maximum Gasteiger partial charge on any atom is 0.241 e. The van der Waals surface area contributed by atoms with Crippen molar-refractivity contribution in [1.82, 2.24) is 10.2 Å². The van der Waals surface area contributed by atoms with Crippen molar-refractivity contribution in [1.29, 1.82) is 0 Å². The smallest absolute Gasteiger partial charge is 0.241 e. The van der Waals surface area contributed by atoms with E-state index in [2.05, 4.69) is 16.3 Å². The molecule has 0 saturated heterocycles.